The Morgan fingerprint density at radius 2 is 1.73 bits per heavy atom. The monoisotopic (exact) mass is 851 g/mol. The Balaban J connectivity index is 0.904. The fraction of sp³-hybridized carbons (Fsp3) is 0.392. The molecule has 3 aromatic carbocycles. The van der Waals surface area contributed by atoms with Crippen molar-refractivity contribution >= 4 is 45.1 Å². The highest BCUT2D eigenvalue weighted by molar-refractivity contribution is 6.11. The standard InChI is InChI=1S/C51H57N5O7/c1-5-55(38-19-23-62-24-20-38)46-29-37(28-42(34(46)4)50(59)53-31-43-32(2)27-33(3)54-51(43)60)35-12-15-40(16-13-35)63-26-25-61-22-8-9-36-18-21-52-49-48(36)41-10-6-7-11-44(41)56(49)45-17-14-39(57)30-47(45)58/h6-7,10-13,15-16,18,21,27-29,38,45H,5,8-9,14,17,19-20,22-26,30-31H2,1-4H3,(H,53,59)(H,54,60). The van der Waals surface area contributed by atoms with Crippen molar-refractivity contribution in [3.63, 3.8) is 0 Å². The highest BCUT2D eigenvalue weighted by Crippen LogP contribution is 2.37. The third kappa shape index (κ3) is 9.47. The number of hydrogen-bond acceptors (Lipinski definition) is 9. The van der Waals surface area contributed by atoms with Crippen molar-refractivity contribution < 1.29 is 28.6 Å². The molecule has 2 N–H and O–H groups in total. The summed E-state index contributed by atoms with van der Waals surface area (Å²) in [5.74, 6) is 0.459. The molecule has 1 amide bonds. The quantitative estimate of drug-likeness (QED) is 0.0726. The number of hydrogen-bond donors (Lipinski definition) is 2. The number of carbonyl (C=O) groups excluding carboxylic acids is 3. The molecule has 328 valence electrons. The number of rotatable bonds is 16. The maximum absolute atomic E-state index is 13.9. The van der Waals surface area contributed by atoms with Crippen LogP contribution in [-0.2, 0) is 32.0 Å². The number of benzene rings is 3. The predicted octanol–water partition coefficient (Wildman–Crippen LogP) is 8.30. The van der Waals surface area contributed by atoms with Gasteiger partial charge in [-0.1, -0.05) is 30.3 Å². The number of H-pyrrole nitrogens is 1. The first kappa shape index (κ1) is 43.5. The van der Waals surface area contributed by atoms with Gasteiger partial charge in [-0.3, -0.25) is 19.2 Å². The van der Waals surface area contributed by atoms with Crippen LogP contribution >= 0.6 is 0 Å². The van der Waals surface area contributed by atoms with Gasteiger partial charge >= 0.3 is 0 Å². The topological polar surface area (TPSA) is 145 Å². The summed E-state index contributed by atoms with van der Waals surface area (Å²) in [6.07, 6.45) is 6.13. The Hall–Kier alpha value is -6.11. The van der Waals surface area contributed by atoms with E-state index >= 15 is 0 Å². The summed E-state index contributed by atoms with van der Waals surface area (Å²) in [6, 6.07) is 24.0. The maximum atomic E-state index is 13.9. The summed E-state index contributed by atoms with van der Waals surface area (Å²) < 4.78 is 19.8. The van der Waals surface area contributed by atoms with Gasteiger partial charge in [-0.25, -0.2) is 4.98 Å². The maximum Gasteiger partial charge on any atom is 0.253 e. The first-order valence-corrected chi connectivity index (χ1v) is 22.3. The Kier molecular flexibility index (Phi) is 13.5. The van der Waals surface area contributed by atoms with Crippen molar-refractivity contribution in [3.05, 3.63) is 123 Å². The number of Topliss-reactive ketones (excluding diaryl/α,β-unsaturated/α-hetero) is 2. The smallest absolute Gasteiger partial charge is 0.253 e. The van der Waals surface area contributed by atoms with Gasteiger partial charge in [0.25, 0.3) is 11.5 Å². The van der Waals surface area contributed by atoms with Crippen molar-refractivity contribution in [1.82, 2.24) is 19.9 Å². The number of aromatic nitrogens is 3. The normalized spacial score (nSPS) is 15.9. The highest BCUT2D eigenvalue weighted by Gasteiger charge is 2.31. The summed E-state index contributed by atoms with van der Waals surface area (Å²) in [5, 5.41) is 5.15. The molecule has 1 unspecified atom stereocenters. The molecule has 63 heavy (non-hydrogen) atoms. The van der Waals surface area contributed by atoms with E-state index in [4.69, 9.17) is 19.2 Å². The summed E-state index contributed by atoms with van der Waals surface area (Å²) in [4.78, 5) is 61.7. The van der Waals surface area contributed by atoms with Crippen LogP contribution in [-0.4, -0.2) is 77.6 Å². The molecular weight excluding hydrogens is 795 g/mol. The second kappa shape index (κ2) is 19.5. The van der Waals surface area contributed by atoms with E-state index in [9.17, 15) is 19.2 Å². The van der Waals surface area contributed by atoms with E-state index in [0.717, 1.165) is 99.1 Å². The SMILES string of the molecule is CCN(c1cc(-c2ccc(OCCOCCCc3ccnc4c3c3ccccc3n4C3CCC(=O)CC3=O)cc2)cc(C(=O)NCc2c(C)cc(C)[nH]c2=O)c1C)C1CCOCC1. The van der Waals surface area contributed by atoms with Crippen LogP contribution in [0.25, 0.3) is 33.1 Å². The number of fused-ring (bicyclic) bond motifs is 3. The second-order valence-corrected chi connectivity index (χ2v) is 16.8. The van der Waals surface area contributed by atoms with Gasteiger partial charge in [-0.2, -0.15) is 0 Å². The Bertz CT molecular complexity index is 2700. The van der Waals surface area contributed by atoms with Crippen LogP contribution < -0.4 is 20.5 Å². The predicted molar refractivity (Wildman–Crippen MR) is 246 cm³/mol. The van der Waals surface area contributed by atoms with Crippen molar-refractivity contribution in [2.75, 3.05) is 44.5 Å². The fourth-order valence-corrected chi connectivity index (χ4v) is 9.45. The minimum Gasteiger partial charge on any atom is -0.491 e. The van der Waals surface area contributed by atoms with Gasteiger partial charge in [-0.15, -0.1) is 0 Å². The van der Waals surface area contributed by atoms with Crippen LogP contribution in [0.5, 0.6) is 5.75 Å². The molecule has 0 bridgehead atoms. The largest absolute Gasteiger partial charge is 0.491 e. The van der Waals surface area contributed by atoms with Gasteiger partial charge in [-0.05, 0) is 130 Å². The number of aromatic amines is 1. The third-order valence-electron chi connectivity index (χ3n) is 12.7. The van der Waals surface area contributed by atoms with E-state index in [1.807, 2.05) is 92.2 Å². The molecule has 4 heterocycles. The molecule has 8 rings (SSSR count). The molecule has 1 atom stereocenters. The molecule has 1 saturated carbocycles. The molecule has 0 radical (unpaired) electrons. The van der Waals surface area contributed by atoms with Gasteiger partial charge in [0, 0.05) is 84.9 Å². The Morgan fingerprint density at radius 3 is 2.49 bits per heavy atom. The van der Waals surface area contributed by atoms with E-state index in [-0.39, 0.29) is 42.0 Å². The van der Waals surface area contributed by atoms with Gasteiger partial charge in [0.1, 0.15) is 23.8 Å². The van der Waals surface area contributed by atoms with Crippen LogP contribution in [0.4, 0.5) is 5.69 Å². The summed E-state index contributed by atoms with van der Waals surface area (Å²) in [5.41, 5.74) is 9.25. The molecule has 1 aliphatic carbocycles. The number of amides is 1. The molecule has 6 aromatic rings. The average Bonchev–Trinajstić information content (AvgIpc) is 3.62. The van der Waals surface area contributed by atoms with Crippen LogP contribution in [0.3, 0.4) is 0 Å². The lowest BCUT2D eigenvalue weighted by molar-refractivity contribution is -0.132. The number of nitrogens with one attached hydrogen (secondary N) is 2. The summed E-state index contributed by atoms with van der Waals surface area (Å²) in [6.45, 7) is 11.6. The molecule has 3 aromatic heterocycles. The first-order chi connectivity index (χ1) is 30.6. The second-order valence-electron chi connectivity index (χ2n) is 16.8. The molecule has 2 fully saturated rings. The number of anilines is 1. The number of aryl methyl sites for hydroxylation is 3. The molecule has 12 nitrogen and oxygen atoms in total. The molecular formula is C51H57N5O7. The average molecular weight is 852 g/mol. The fourth-order valence-electron chi connectivity index (χ4n) is 9.45. The molecule has 2 aliphatic rings. The van der Waals surface area contributed by atoms with Gasteiger partial charge in [0.15, 0.2) is 5.78 Å². The molecule has 12 heteroatoms. The number of para-hydroxylation sites is 1. The lowest BCUT2D eigenvalue weighted by Gasteiger charge is -2.37. The number of carbonyl (C=O) groups is 3. The van der Waals surface area contributed by atoms with Crippen LogP contribution in [0.15, 0.2) is 83.8 Å². The van der Waals surface area contributed by atoms with E-state index in [2.05, 4.69) is 34.3 Å². The van der Waals surface area contributed by atoms with Crippen molar-refractivity contribution in [3.8, 4) is 16.9 Å². The zero-order chi connectivity index (χ0) is 44.0. The highest BCUT2D eigenvalue weighted by atomic mass is 16.5. The number of ether oxygens (including phenoxy) is 3. The Labute approximate surface area is 368 Å². The number of ketones is 2. The molecule has 1 aliphatic heterocycles. The third-order valence-corrected chi connectivity index (χ3v) is 12.7. The van der Waals surface area contributed by atoms with E-state index in [1.54, 1.807) is 0 Å². The number of nitrogens with zero attached hydrogens (tertiary/aromatic N) is 3. The summed E-state index contributed by atoms with van der Waals surface area (Å²) in [7, 11) is 0. The zero-order valence-electron chi connectivity index (χ0n) is 36.8. The van der Waals surface area contributed by atoms with Crippen molar-refractivity contribution in [2.24, 2.45) is 0 Å². The minimum absolute atomic E-state index is 0.00978. The summed E-state index contributed by atoms with van der Waals surface area (Å²) >= 11 is 0. The minimum atomic E-state index is -0.387. The van der Waals surface area contributed by atoms with Gasteiger partial charge in [0.2, 0.25) is 0 Å². The lowest BCUT2D eigenvalue weighted by atomic mass is 9.92. The van der Waals surface area contributed by atoms with E-state index in [1.165, 1.54) is 0 Å². The number of pyridine rings is 2. The van der Waals surface area contributed by atoms with Crippen LogP contribution in [0.2, 0.25) is 0 Å². The van der Waals surface area contributed by atoms with Gasteiger partial charge in [0.05, 0.1) is 24.6 Å². The zero-order valence-corrected chi connectivity index (χ0v) is 36.8. The van der Waals surface area contributed by atoms with E-state index in [0.29, 0.717) is 63.0 Å². The Morgan fingerprint density at radius 1 is 0.937 bits per heavy atom. The van der Waals surface area contributed by atoms with Crippen molar-refractivity contribution in [2.45, 2.75) is 91.3 Å². The molecule has 1 saturated heterocycles. The van der Waals surface area contributed by atoms with Crippen molar-refractivity contribution in [1.29, 1.82) is 0 Å². The van der Waals surface area contributed by atoms with Gasteiger partial charge < -0.3 is 34.0 Å². The lowest BCUT2D eigenvalue weighted by Crippen LogP contribution is -2.40. The molecule has 0 spiro atoms. The first-order valence-electron chi connectivity index (χ1n) is 22.3. The van der Waals surface area contributed by atoms with E-state index < -0.39 is 0 Å². The van der Waals surface area contributed by atoms with Crippen LogP contribution in [0, 0.1) is 20.8 Å². The van der Waals surface area contributed by atoms with Crippen LogP contribution in [0.1, 0.15) is 89.8 Å².